The third-order valence-corrected chi connectivity index (χ3v) is 6.69. The molecule has 2 aromatic rings. The molecule has 4 nitrogen and oxygen atoms in total. The Morgan fingerprint density at radius 2 is 1.90 bits per heavy atom. The van der Waals surface area contributed by atoms with Crippen LogP contribution >= 0.6 is 56.8 Å². The first kappa shape index (κ1) is 22.4. The maximum Gasteiger partial charge on any atom is 0.262 e. The second kappa shape index (κ2) is 10.6. The summed E-state index contributed by atoms with van der Waals surface area (Å²) in [5.41, 5.74) is 1.83. The molecular formula is C22H19ClI2N2O2. The SMILES string of the molecule is N#C/C(=C/c1cc(I)c(OCc2ccccc2Cl)c(I)c1)C(=O)NC1CCCC1. The molecule has 150 valence electrons. The van der Waals surface area contributed by atoms with Crippen LogP contribution in [0.25, 0.3) is 6.08 Å². The topological polar surface area (TPSA) is 62.1 Å². The Morgan fingerprint density at radius 3 is 2.52 bits per heavy atom. The van der Waals surface area contributed by atoms with Gasteiger partial charge in [0.25, 0.3) is 5.91 Å². The maximum absolute atomic E-state index is 12.4. The number of carbonyl (C=O) groups excluding carboxylic acids is 1. The van der Waals surface area contributed by atoms with Crippen molar-refractivity contribution in [2.45, 2.75) is 38.3 Å². The van der Waals surface area contributed by atoms with E-state index in [0.717, 1.165) is 49.7 Å². The van der Waals surface area contributed by atoms with E-state index in [-0.39, 0.29) is 17.5 Å². The summed E-state index contributed by atoms with van der Waals surface area (Å²) in [6, 6.07) is 13.6. The van der Waals surface area contributed by atoms with E-state index in [4.69, 9.17) is 16.3 Å². The van der Waals surface area contributed by atoms with E-state index >= 15 is 0 Å². The number of hydrogen-bond donors (Lipinski definition) is 1. The summed E-state index contributed by atoms with van der Waals surface area (Å²) in [4.78, 5) is 12.4. The second-order valence-electron chi connectivity index (χ2n) is 6.82. The van der Waals surface area contributed by atoms with E-state index in [1.807, 2.05) is 42.5 Å². The third kappa shape index (κ3) is 6.09. The van der Waals surface area contributed by atoms with Crippen LogP contribution in [0, 0.1) is 18.5 Å². The lowest BCUT2D eigenvalue weighted by atomic mass is 10.1. The van der Waals surface area contributed by atoms with Crippen molar-refractivity contribution in [3.63, 3.8) is 0 Å². The molecule has 0 aliphatic heterocycles. The van der Waals surface area contributed by atoms with Gasteiger partial charge in [-0.05, 0) is 87.9 Å². The highest BCUT2D eigenvalue weighted by molar-refractivity contribution is 14.1. The Kier molecular flexibility index (Phi) is 8.21. The molecule has 7 heteroatoms. The number of hydrogen-bond acceptors (Lipinski definition) is 3. The van der Waals surface area contributed by atoms with Crippen molar-refractivity contribution in [2.75, 3.05) is 0 Å². The van der Waals surface area contributed by atoms with Gasteiger partial charge in [0.15, 0.2) is 0 Å². The number of ether oxygens (including phenoxy) is 1. The van der Waals surface area contributed by atoms with Crippen molar-refractivity contribution in [3.05, 3.63) is 65.3 Å². The van der Waals surface area contributed by atoms with E-state index in [1.54, 1.807) is 6.08 Å². The highest BCUT2D eigenvalue weighted by atomic mass is 127. The monoisotopic (exact) mass is 632 g/mol. The van der Waals surface area contributed by atoms with Gasteiger partial charge in [0.1, 0.15) is 24.0 Å². The van der Waals surface area contributed by atoms with Crippen LogP contribution in [0.4, 0.5) is 0 Å². The van der Waals surface area contributed by atoms with Crippen LogP contribution in [0.3, 0.4) is 0 Å². The second-order valence-corrected chi connectivity index (χ2v) is 9.55. The van der Waals surface area contributed by atoms with Gasteiger partial charge in [0, 0.05) is 16.6 Å². The molecule has 1 aliphatic rings. The van der Waals surface area contributed by atoms with Gasteiger partial charge >= 0.3 is 0 Å². The van der Waals surface area contributed by atoms with Crippen LogP contribution in [0.2, 0.25) is 5.02 Å². The number of rotatable bonds is 6. The van der Waals surface area contributed by atoms with Crippen molar-refractivity contribution >= 4 is 68.8 Å². The Morgan fingerprint density at radius 1 is 1.24 bits per heavy atom. The largest absolute Gasteiger partial charge is 0.487 e. The predicted molar refractivity (Wildman–Crippen MR) is 132 cm³/mol. The maximum atomic E-state index is 12.4. The smallest absolute Gasteiger partial charge is 0.262 e. The molecule has 0 spiro atoms. The number of carbonyl (C=O) groups is 1. The number of benzene rings is 2. The zero-order valence-corrected chi connectivity index (χ0v) is 20.6. The average Bonchev–Trinajstić information content (AvgIpc) is 3.19. The molecular weight excluding hydrogens is 614 g/mol. The molecule has 0 aromatic heterocycles. The number of nitriles is 1. The summed E-state index contributed by atoms with van der Waals surface area (Å²) in [6.07, 6.45) is 5.85. The quantitative estimate of drug-likeness (QED) is 0.238. The fraction of sp³-hybridized carbons (Fsp3) is 0.273. The van der Waals surface area contributed by atoms with Gasteiger partial charge in [0.05, 0.1) is 7.14 Å². The summed E-state index contributed by atoms with van der Waals surface area (Å²) in [6.45, 7) is 0.369. The van der Waals surface area contributed by atoms with Crippen LogP contribution in [0.1, 0.15) is 36.8 Å². The van der Waals surface area contributed by atoms with Crippen molar-refractivity contribution < 1.29 is 9.53 Å². The minimum absolute atomic E-state index is 0.119. The average molecular weight is 633 g/mol. The summed E-state index contributed by atoms with van der Waals surface area (Å²) in [5.74, 6) is 0.459. The van der Waals surface area contributed by atoms with Gasteiger partial charge in [-0.3, -0.25) is 4.79 Å². The van der Waals surface area contributed by atoms with Crippen molar-refractivity contribution in [1.82, 2.24) is 5.32 Å². The molecule has 2 aromatic carbocycles. The Bertz CT molecular complexity index is 956. The van der Waals surface area contributed by atoms with E-state index in [1.165, 1.54) is 0 Å². The molecule has 0 bridgehead atoms. The predicted octanol–water partition coefficient (Wildman–Crippen LogP) is 6.09. The standard InChI is InChI=1S/C22H19ClI2N2O2/c23-18-8-4-1-5-15(18)13-29-21-19(24)10-14(11-20(21)25)9-16(12-26)22(28)27-17-6-2-3-7-17/h1,4-5,8-11,17H,2-3,6-7,13H2,(H,27,28)/b16-9-. The molecule has 1 saturated carbocycles. The fourth-order valence-electron chi connectivity index (χ4n) is 3.21. The summed E-state index contributed by atoms with van der Waals surface area (Å²) in [7, 11) is 0. The van der Waals surface area contributed by atoms with E-state index in [2.05, 4.69) is 50.5 Å². The summed E-state index contributed by atoms with van der Waals surface area (Å²) < 4.78 is 7.80. The minimum Gasteiger partial charge on any atom is -0.487 e. The minimum atomic E-state index is -0.302. The van der Waals surface area contributed by atoms with Crippen molar-refractivity contribution in [1.29, 1.82) is 5.26 Å². The molecule has 29 heavy (non-hydrogen) atoms. The first-order chi connectivity index (χ1) is 14.0. The number of nitrogens with zero attached hydrogens (tertiary/aromatic N) is 1. The zero-order valence-electron chi connectivity index (χ0n) is 15.6. The lowest BCUT2D eigenvalue weighted by Gasteiger charge is -2.13. The molecule has 1 N–H and O–H groups in total. The van der Waals surface area contributed by atoms with Crippen LogP contribution in [-0.4, -0.2) is 11.9 Å². The molecule has 3 rings (SSSR count). The van der Waals surface area contributed by atoms with Gasteiger partial charge in [-0.1, -0.05) is 42.6 Å². The van der Waals surface area contributed by atoms with Crippen LogP contribution in [-0.2, 0) is 11.4 Å². The Balaban J connectivity index is 1.75. The van der Waals surface area contributed by atoms with Gasteiger partial charge < -0.3 is 10.1 Å². The van der Waals surface area contributed by atoms with Crippen LogP contribution in [0.5, 0.6) is 5.75 Å². The normalized spacial score (nSPS) is 14.5. The molecule has 0 unspecified atom stereocenters. The molecule has 0 saturated heterocycles. The lowest BCUT2D eigenvalue weighted by molar-refractivity contribution is -0.117. The highest BCUT2D eigenvalue weighted by Gasteiger charge is 2.19. The van der Waals surface area contributed by atoms with Crippen LogP contribution in [0.15, 0.2) is 42.0 Å². The Labute approximate surface area is 202 Å². The number of amides is 1. The first-order valence-corrected chi connectivity index (χ1v) is 11.8. The van der Waals surface area contributed by atoms with E-state index < -0.39 is 0 Å². The van der Waals surface area contributed by atoms with Gasteiger partial charge in [0.2, 0.25) is 0 Å². The molecule has 1 amide bonds. The number of nitrogens with one attached hydrogen (secondary N) is 1. The van der Waals surface area contributed by atoms with E-state index in [9.17, 15) is 10.1 Å². The van der Waals surface area contributed by atoms with Gasteiger partial charge in [-0.25, -0.2) is 0 Å². The first-order valence-electron chi connectivity index (χ1n) is 9.26. The van der Waals surface area contributed by atoms with Gasteiger partial charge in [-0.2, -0.15) is 5.26 Å². The molecule has 1 aliphatic carbocycles. The lowest BCUT2D eigenvalue weighted by Crippen LogP contribution is -2.33. The molecule has 0 heterocycles. The summed E-state index contributed by atoms with van der Waals surface area (Å²) >= 11 is 10.6. The molecule has 0 atom stereocenters. The zero-order chi connectivity index (χ0) is 20.8. The molecule has 0 radical (unpaired) electrons. The third-order valence-electron chi connectivity index (χ3n) is 4.72. The Hall–Kier alpha value is -1.31. The molecule has 1 fully saturated rings. The van der Waals surface area contributed by atoms with Crippen molar-refractivity contribution in [3.8, 4) is 11.8 Å². The van der Waals surface area contributed by atoms with E-state index in [0.29, 0.717) is 11.6 Å². The highest BCUT2D eigenvalue weighted by Crippen LogP contribution is 2.31. The number of halogens is 3. The fourth-order valence-corrected chi connectivity index (χ4v) is 5.53. The van der Waals surface area contributed by atoms with Gasteiger partial charge in [-0.15, -0.1) is 0 Å². The van der Waals surface area contributed by atoms with Crippen molar-refractivity contribution in [2.24, 2.45) is 0 Å². The summed E-state index contributed by atoms with van der Waals surface area (Å²) in [5, 5.41) is 13.1. The van der Waals surface area contributed by atoms with Crippen LogP contribution < -0.4 is 10.1 Å².